The van der Waals surface area contributed by atoms with Gasteiger partial charge in [-0.15, -0.1) is 0 Å². The van der Waals surface area contributed by atoms with Crippen molar-refractivity contribution in [3.8, 4) is 0 Å². The SMILES string of the molecule is CN[13c]1c([N+](=O)[O-])cc([N+](=O)[O-])cc1[N+](=O)[O-]. The van der Waals surface area contributed by atoms with E-state index in [0.717, 1.165) is 0 Å². The van der Waals surface area contributed by atoms with Gasteiger partial charge in [-0.3, -0.25) is 30.3 Å². The van der Waals surface area contributed by atoms with E-state index in [9.17, 15) is 30.3 Å². The molecule has 10 heteroatoms. The van der Waals surface area contributed by atoms with E-state index < -0.39 is 31.8 Å². The van der Waals surface area contributed by atoms with Crippen LogP contribution in [0.4, 0.5) is 22.7 Å². The van der Waals surface area contributed by atoms with Crippen molar-refractivity contribution < 1.29 is 14.8 Å². The van der Waals surface area contributed by atoms with E-state index in [1.807, 2.05) is 0 Å². The van der Waals surface area contributed by atoms with Gasteiger partial charge in [0, 0.05) is 7.05 Å². The number of nitrogens with one attached hydrogen (secondary N) is 1. The summed E-state index contributed by atoms with van der Waals surface area (Å²) in [5.41, 5.74) is -2.50. The number of nitrogens with zero attached hydrogens (tertiary/aromatic N) is 3. The molecule has 0 saturated carbocycles. The second-order valence-electron chi connectivity index (χ2n) is 2.88. The Morgan fingerprint density at radius 2 is 1.35 bits per heavy atom. The number of nitro groups is 3. The Hall–Kier alpha value is -2.78. The van der Waals surface area contributed by atoms with Crippen LogP contribution >= 0.6 is 0 Å². The molecule has 17 heavy (non-hydrogen) atoms. The summed E-state index contributed by atoms with van der Waals surface area (Å²) in [4.78, 5) is 29.0. The maximum Gasteiger partial charge on any atom is 0.306 e. The molecule has 0 aliphatic carbocycles. The molecule has 0 radical (unpaired) electrons. The summed E-state index contributed by atoms with van der Waals surface area (Å²) >= 11 is 0. The largest absolute Gasteiger partial charge is 0.377 e. The first-order valence-corrected chi connectivity index (χ1v) is 4.17. The maximum atomic E-state index is 10.7. The van der Waals surface area contributed by atoms with Gasteiger partial charge in [-0.05, 0) is 0 Å². The first-order chi connectivity index (χ1) is 7.88. The van der Waals surface area contributed by atoms with Crippen molar-refractivity contribution in [1.82, 2.24) is 0 Å². The normalized spacial score (nSPS) is 9.71. The molecule has 0 unspecified atom stereocenters. The Labute approximate surface area is 93.3 Å². The van der Waals surface area contributed by atoms with Crippen LogP contribution in [0.2, 0.25) is 0 Å². The summed E-state index contributed by atoms with van der Waals surface area (Å²) in [7, 11) is 1.25. The molecule has 0 amide bonds. The molecule has 0 aliphatic rings. The van der Waals surface area contributed by atoms with Crippen molar-refractivity contribution in [2.45, 2.75) is 0 Å². The summed E-state index contributed by atoms with van der Waals surface area (Å²) < 4.78 is 0. The van der Waals surface area contributed by atoms with Gasteiger partial charge < -0.3 is 5.32 Å². The van der Waals surface area contributed by atoms with Crippen LogP contribution < -0.4 is 5.32 Å². The molecule has 1 aromatic carbocycles. The predicted molar refractivity (Wildman–Crippen MR) is 56.0 cm³/mol. The van der Waals surface area contributed by atoms with E-state index in [4.69, 9.17) is 0 Å². The smallest absolute Gasteiger partial charge is 0.306 e. The van der Waals surface area contributed by atoms with Crippen LogP contribution in [-0.2, 0) is 0 Å². The van der Waals surface area contributed by atoms with Gasteiger partial charge in [-0.1, -0.05) is 0 Å². The lowest BCUT2D eigenvalue weighted by atomic mass is 10.3. The highest BCUT2D eigenvalue weighted by Gasteiger charge is 2.29. The second kappa shape index (κ2) is 4.38. The fourth-order valence-corrected chi connectivity index (χ4v) is 1.25. The zero-order valence-electron chi connectivity index (χ0n) is 8.45. The quantitative estimate of drug-likeness (QED) is 0.622. The van der Waals surface area contributed by atoms with Crippen molar-refractivity contribution in [3.05, 3.63) is 42.5 Å². The van der Waals surface area contributed by atoms with E-state index in [2.05, 4.69) is 5.32 Å². The van der Waals surface area contributed by atoms with Crippen LogP contribution in [0.15, 0.2) is 12.1 Å². The van der Waals surface area contributed by atoms with Crippen LogP contribution in [0.1, 0.15) is 0 Å². The highest BCUT2D eigenvalue weighted by atomic mass is 16.6. The van der Waals surface area contributed by atoms with E-state index in [1.54, 1.807) is 0 Å². The number of rotatable bonds is 4. The Morgan fingerprint density at radius 1 is 0.941 bits per heavy atom. The van der Waals surface area contributed by atoms with Crippen LogP contribution in [0, 0.1) is 30.3 Å². The van der Waals surface area contributed by atoms with Crippen molar-refractivity contribution >= 4 is 22.7 Å². The number of benzene rings is 1. The number of nitro benzene ring substituents is 3. The third-order valence-electron chi connectivity index (χ3n) is 1.94. The van der Waals surface area contributed by atoms with Crippen molar-refractivity contribution in [3.63, 3.8) is 0 Å². The molecule has 0 fully saturated rings. The van der Waals surface area contributed by atoms with E-state index in [1.165, 1.54) is 7.05 Å². The summed E-state index contributed by atoms with van der Waals surface area (Å²) in [6.45, 7) is 0. The molecule has 90 valence electrons. The Balaban J connectivity index is 3.63. The van der Waals surface area contributed by atoms with Gasteiger partial charge in [-0.25, -0.2) is 0 Å². The van der Waals surface area contributed by atoms with Crippen LogP contribution in [-0.4, -0.2) is 21.8 Å². The van der Waals surface area contributed by atoms with Gasteiger partial charge in [0.25, 0.3) is 5.69 Å². The topological polar surface area (TPSA) is 141 Å². The van der Waals surface area contributed by atoms with Gasteiger partial charge in [0.1, 0.15) is 0 Å². The number of hydrogen-bond donors (Lipinski definition) is 1. The minimum atomic E-state index is -0.931. The number of hydrogen-bond acceptors (Lipinski definition) is 7. The molecular weight excluding hydrogens is 237 g/mol. The average Bonchev–Trinajstić information content (AvgIpc) is 2.26. The molecule has 0 heterocycles. The van der Waals surface area contributed by atoms with Crippen molar-refractivity contribution in [2.75, 3.05) is 12.4 Å². The molecule has 10 nitrogen and oxygen atoms in total. The Kier molecular flexibility index (Phi) is 3.17. The molecule has 0 atom stereocenters. The first kappa shape index (κ1) is 12.3. The Bertz CT molecular complexity index is 478. The predicted octanol–water partition coefficient (Wildman–Crippen LogP) is 1.45. The van der Waals surface area contributed by atoms with Gasteiger partial charge in [0.05, 0.1) is 26.9 Å². The molecule has 0 saturated heterocycles. The van der Waals surface area contributed by atoms with Gasteiger partial charge in [-0.2, -0.15) is 0 Å². The van der Waals surface area contributed by atoms with E-state index in [-0.39, 0.29) is 5.69 Å². The summed E-state index contributed by atoms with van der Waals surface area (Å²) in [6.07, 6.45) is 0. The maximum absolute atomic E-state index is 10.7. The van der Waals surface area contributed by atoms with Gasteiger partial charge >= 0.3 is 11.4 Å². The second-order valence-corrected chi connectivity index (χ2v) is 2.88. The minimum absolute atomic E-state index is 0.370. The summed E-state index contributed by atoms with van der Waals surface area (Å²) in [5.74, 6) is 0. The lowest BCUT2D eigenvalue weighted by Crippen LogP contribution is -2.03. The lowest BCUT2D eigenvalue weighted by Gasteiger charge is -2.02. The van der Waals surface area contributed by atoms with Crippen LogP contribution in [0.25, 0.3) is 0 Å². The summed E-state index contributed by atoms with van der Waals surface area (Å²) in [6, 6.07) is 1.33. The van der Waals surface area contributed by atoms with Crippen LogP contribution in [0.3, 0.4) is 0 Å². The molecule has 0 aromatic heterocycles. The van der Waals surface area contributed by atoms with E-state index in [0.29, 0.717) is 12.1 Å². The highest BCUT2D eigenvalue weighted by Crippen LogP contribution is 2.37. The number of anilines is 1. The fraction of sp³-hybridized carbons (Fsp3) is 0.143. The van der Waals surface area contributed by atoms with Crippen LogP contribution in [0.5, 0.6) is 0 Å². The monoisotopic (exact) mass is 243 g/mol. The molecule has 1 N–H and O–H groups in total. The molecule has 0 spiro atoms. The third-order valence-corrected chi connectivity index (χ3v) is 1.94. The molecule has 1 aromatic rings. The van der Waals surface area contributed by atoms with Crippen molar-refractivity contribution in [1.29, 1.82) is 0 Å². The first-order valence-electron chi connectivity index (χ1n) is 4.17. The zero-order chi connectivity index (χ0) is 13.2. The van der Waals surface area contributed by atoms with Crippen molar-refractivity contribution in [2.24, 2.45) is 0 Å². The standard InChI is InChI=1S/C7H6N4O6/c1-8-7-5(10(14)15)2-4(9(12)13)3-6(7)11(16)17/h2-3,8H,1H3/i7+1. The fourth-order valence-electron chi connectivity index (χ4n) is 1.25. The molecule has 0 aliphatic heterocycles. The molecule has 0 bridgehead atoms. The molecular formula is C7H6N4O6. The zero-order valence-corrected chi connectivity index (χ0v) is 8.45. The summed E-state index contributed by atoms with van der Waals surface area (Å²) in [5, 5.41) is 34.1. The van der Waals surface area contributed by atoms with Gasteiger partial charge in [0.2, 0.25) is 0 Å². The number of non-ortho nitro benzene ring substituents is 1. The van der Waals surface area contributed by atoms with E-state index >= 15 is 0 Å². The minimum Gasteiger partial charge on any atom is -0.377 e. The Morgan fingerprint density at radius 3 is 1.59 bits per heavy atom. The third kappa shape index (κ3) is 2.25. The molecule has 1 rings (SSSR count). The van der Waals surface area contributed by atoms with Gasteiger partial charge in [0.15, 0.2) is 5.69 Å². The highest BCUT2D eigenvalue weighted by molar-refractivity contribution is 5.76. The lowest BCUT2D eigenvalue weighted by molar-refractivity contribution is -0.401. The average molecular weight is 243 g/mol.